The minimum atomic E-state index is 0.599. The molecule has 0 aliphatic carbocycles. The number of para-hydroxylation sites is 1. The van der Waals surface area contributed by atoms with Gasteiger partial charge >= 0.3 is 0 Å². The molecule has 4 heteroatoms. The molecule has 0 aliphatic heterocycles. The summed E-state index contributed by atoms with van der Waals surface area (Å²) in [6.45, 7) is 6.05. The van der Waals surface area contributed by atoms with Crippen LogP contribution in [0.1, 0.15) is 6.92 Å². The maximum Gasteiger partial charge on any atom is 0.166 e. The van der Waals surface area contributed by atoms with Gasteiger partial charge in [0.15, 0.2) is 17.5 Å². The summed E-state index contributed by atoms with van der Waals surface area (Å²) in [5.41, 5.74) is 6.74. The van der Waals surface area contributed by atoms with Gasteiger partial charge in [0.05, 0.1) is 0 Å². The standard InChI is InChI=1S/C32H26N4/c1-3-12-23(2)33-29-18-11-10-17-28(29)32-35-30(26-15-8-5-9-16-26)34-31(36-32)27-21-19-25(20-22-27)24-13-6-4-7-14-24/h3-22,33H,2H2,1H3/b12-3-. The Kier molecular flexibility index (Phi) is 6.77. The van der Waals surface area contributed by atoms with E-state index >= 15 is 0 Å². The molecule has 0 atom stereocenters. The summed E-state index contributed by atoms with van der Waals surface area (Å²) in [4.78, 5) is 14.6. The third-order valence-corrected chi connectivity index (χ3v) is 5.75. The molecule has 1 N–H and O–H groups in total. The van der Waals surface area contributed by atoms with Crippen LogP contribution in [0.4, 0.5) is 5.69 Å². The minimum absolute atomic E-state index is 0.599. The van der Waals surface area contributed by atoms with Crippen molar-refractivity contribution in [3.8, 4) is 45.3 Å². The highest BCUT2D eigenvalue weighted by atomic mass is 15.0. The Bertz CT molecular complexity index is 1510. The zero-order valence-electron chi connectivity index (χ0n) is 20.1. The van der Waals surface area contributed by atoms with Gasteiger partial charge in [0.2, 0.25) is 0 Å². The molecule has 174 valence electrons. The van der Waals surface area contributed by atoms with Crippen LogP contribution in [0.25, 0.3) is 45.3 Å². The van der Waals surface area contributed by atoms with Crippen LogP contribution in [0.3, 0.4) is 0 Å². The van der Waals surface area contributed by atoms with E-state index in [1.165, 1.54) is 5.56 Å². The fourth-order valence-electron chi connectivity index (χ4n) is 3.99. The Morgan fingerprint density at radius 1 is 0.583 bits per heavy atom. The first-order valence-corrected chi connectivity index (χ1v) is 11.9. The second-order valence-corrected chi connectivity index (χ2v) is 8.31. The average Bonchev–Trinajstić information content (AvgIpc) is 2.94. The molecule has 0 aliphatic rings. The highest BCUT2D eigenvalue weighted by Crippen LogP contribution is 2.30. The molecule has 5 rings (SSSR count). The largest absolute Gasteiger partial charge is 0.355 e. The van der Waals surface area contributed by atoms with Crippen molar-refractivity contribution in [2.24, 2.45) is 0 Å². The molecule has 0 fully saturated rings. The summed E-state index contributed by atoms with van der Waals surface area (Å²) in [6, 6.07) is 36.6. The van der Waals surface area contributed by atoms with E-state index in [-0.39, 0.29) is 0 Å². The third-order valence-electron chi connectivity index (χ3n) is 5.75. The Morgan fingerprint density at radius 3 is 1.69 bits per heavy atom. The van der Waals surface area contributed by atoms with Crippen LogP contribution in [0.2, 0.25) is 0 Å². The van der Waals surface area contributed by atoms with Crippen molar-refractivity contribution in [1.82, 2.24) is 15.0 Å². The van der Waals surface area contributed by atoms with E-state index in [0.29, 0.717) is 17.5 Å². The van der Waals surface area contributed by atoms with Gasteiger partial charge in [0.25, 0.3) is 0 Å². The molecule has 36 heavy (non-hydrogen) atoms. The van der Waals surface area contributed by atoms with E-state index < -0.39 is 0 Å². The minimum Gasteiger partial charge on any atom is -0.355 e. The number of anilines is 1. The smallest absolute Gasteiger partial charge is 0.166 e. The fraction of sp³-hybridized carbons (Fsp3) is 0.0312. The first-order chi connectivity index (χ1) is 17.7. The molecule has 1 heterocycles. The second-order valence-electron chi connectivity index (χ2n) is 8.31. The zero-order chi connectivity index (χ0) is 24.7. The Labute approximate surface area is 211 Å². The van der Waals surface area contributed by atoms with Crippen LogP contribution in [-0.2, 0) is 0 Å². The third kappa shape index (κ3) is 5.13. The summed E-state index contributed by atoms with van der Waals surface area (Å²) in [5, 5.41) is 3.37. The first kappa shape index (κ1) is 22.9. The number of hydrogen-bond donors (Lipinski definition) is 1. The van der Waals surface area contributed by atoms with Crippen molar-refractivity contribution in [2.45, 2.75) is 6.92 Å². The lowest BCUT2D eigenvalue weighted by Gasteiger charge is -2.13. The van der Waals surface area contributed by atoms with Gasteiger partial charge in [-0.1, -0.05) is 110 Å². The van der Waals surface area contributed by atoms with Gasteiger partial charge in [-0.3, -0.25) is 0 Å². The van der Waals surface area contributed by atoms with Crippen LogP contribution in [-0.4, -0.2) is 15.0 Å². The van der Waals surface area contributed by atoms with Crippen LogP contribution < -0.4 is 5.32 Å². The SMILES string of the molecule is C=C(/C=C\C)Nc1ccccc1-c1nc(-c2ccccc2)nc(-c2ccc(-c3ccccc3)cc2)n1. The molecule has 0 saturated carbocycles. The quantitative estimate of drug-likeness (QED) is 0.247. The number of nitrogens with one attached hydrogen (secondary N) is 1. The Morgan fingerprint density at radius 2 is 1.06 bits per heavy atom. The van der Waals surface area contributed by atoms with Crippen LogP contribution in [0, 0.1) is 0 Å². The lowest BCUT2D eigenvalue weighted by atomic mass is 10.0. The van der Waals surface area contributed by atoms with Gasteiger partial charge in [-0.05, 0) is 36.3 Å². The van der Waals surface area contributed by atoms with Gasteiger partial charge < -0.3 is 5.32 Å². The molecular weight excluding hydrogens is 440 g/mol. The number of benzene rings is 4. The van der Waals surface area contributed by atoms with E-state index in [2.05, 4.69) is 48.3 Å². The average molecular weight is 467 g/mol. The molecule has 0 radical (unpaired) electrons. The predicted molar refractivity (Wildman–Crippen MR) is 149 cm³/mol. The zero-order valence-corrected chi connectivity index (χ0v) is 20.1. The van der Waals surface area contributed by atoms with Crippen LogP contribution >= 0.6 is 0 Å². The van der Waals surface area contributed by atoms with Crippen LogP contribution in [0.5, 0.6) is 0 Å². The highest BCUT2D eigenvalue weighted by molar-refractivity contribution is 5.77. The van der Waals surface area contributed by atoms with E-state index in [0.717, 1.165) is 33.6 Å². The van der Waals surface area contributed by atoms with E-state index in [1.807, 2.05) is 91.9 Å². The molecule has 0 bridgehead atoms. The molecular formula is C32H26N4. The molecule has 0 spiro atoms. The topological polar surface area (TPSA) is 50.7 Å². The lowest BCUT2D eigenvalue weighted by Crippen LogP contribution is -2.03. The number of hydrogen-bond acceptors (Lipinski definition) is 4. The summed E-state index contributed by atoms with van der Waals surface area (Å²) < 4.78 is 0. The Hall–Kier alpha value is -4.83. The maximum absolute atomic E-state index is 4.91. The summed E-state index contributed by atoms with van der Waals surface area (Å²) >= 11 is 0. The van der Waals surface area contributed by atoms with Gasteiger partial charge in [-0.2, -0.15) is 0 Å². The Balaban J connectivity index is 1.61. The second kappa shape index (κ2) is 10.6. The molecule has 4 aromatic carbocycles. The number of nitrogens with zero attached hydrogens (tertiary/aromatic N) is 3. The normalized spacial score (nSPS) is 10.9. The van der Waals surface area contributed by atoms with Crippen molar-refractivity contribution in [2.75, 3.05) is 5.32 Å². The molecule has 0 saturated heterocycles. The number of allylic oxidation sites excluding steroid dienone is 2. The molecule has 5 aromatic rings. The van der Waals surface area contributed by atoms with Crippen molar-refractivity contribution >= 4 is 5.69 Å². The molecule has 1 aromatic heterocycles. The van der Waals surface area contributed by atoms with Crippen molar-refractivity contribution in [3.05, 3.63) is 134 Å². The highest BCUT2D eigenvalue weighted by Gasteiger charge is 2.15. The first-order valence-electron chi connectivity index (χ1n) is 11.9. The van der Waals surface area contributed by atoms with Gasteiger partial charge in [0, 0.05) is 28.1 Å². The molecule has 4 nitrogen and oxygen atoms in total. The molecule has 0 unspecified atom stereocenters. The fourth-order valence-corrected chi connectivity index (χ4v) is 3.99. The number of rotatable bonds is 7. The summed E-state index contributed by atoms with van der Waals surface area (Å²) in [7, 11) is 0. The van der Waals surface area contributed by atoms with E-state index in [4.69, 9.17) is 15.0 Å². The van der Waals surface area contributed by atoms with Gasteiger partial charge in [-0.25, -0.2) is 15.0 Å². The summed E-state index contributed by atoms with van der Waals surface area (Å²) in [6.07, 6.45) is 3.88. The van der Waals surface area contributed by atoms with Gasteiger partial charge in [-0.15, -0.1) is 0 Å². The van der Waals surface area contributed by atoms with Crippen molar-refractivity contribution in [3.63, 3.8) is 0 Å². The van der Waals surface area contributed by atoms with Gasteiger partial charge in [0.1, 0.15) is 0 Å². The monoisotopic (exact) mass is 466 g/mol. The van der Waals surface area contributed by atoms with Crippen molar-refractivity contribution in [1.29, 1.82) is 0 Å². The predicted octanol–water partition coefficient (Wildman–Crippen LogP) is 8.04. The maximum atomic E-state index is 4.91. The van der Waals surface area contributed by atoms with E-state index in [1.54, 1.807) is 0 Å². The van der Waals surface area contributed by atoms with Crippen LogP contribution in [0.15, 0.2) is 134 Å². The molecule has 0 amide bonds. The number of aromatic nitrogens is 3. The lowest BCUT2D eigenvalue weighted by molar-refractivity contribution is 1.07. The summed E-state index contributed by atoms with van der Waals surface area (Å²) in [5.74, 6) is 1.85. The van der Waals surface area contributed by atoms with E-state index in [9.17, 15) is 0 Å². The van der Waals surface area contributed by atoms with Crippen molar-refractivity contribution < 1.29 is 0 Å².